The van der Waals surface area contributed by atoms with Crippen molar-refractivity contribution in [2.45, 2.75) is 33.0 Å². The normalized spacial score (nSPS) is 15.8. The molecule has 0 amide bonds. The minimum Gasteiger partial charge on any atom is -0.488 e. The summed E-state index contributed by atoms with van der Waals surface area (Å²) >= 11 is 0. The summed E-state index contributed by atoms with van der Waals surface area (Å²) in [6.07, 6.45) is 6.39. The van der Waals surface area contributed by atoms with Gasteiger partial charge in [-0.15, -0.1) is 0 Å². The number of aryl methyl sites for hydroxylation is 1. The van der Waals surface area contributed by atoms with Crippen molar-refractivity contribution in [3.63, 3.8) is 0 Å². The lowest BCUT2D eigenvalue weighted by Gasteiger charge is -2.30. The van der Waals surface area contributed by atoms with Crippen molar-refractivity contribution in [2.75, 3.05) is 6.61 Å². The Kier molecular flexibility index (Phi) is 4.82. The fraction of sp³-hybridized carbons (Fsp3) is 0.214. The first-order valence-electron chi connectivity index (χ1n) is 10.6. The molecule has 156 valence electrons. The zero-order valence-corrected chi connectivity index (χ0v) is 18.1. The summed E-state index contributed by atoms with van der Waals surface area (Å²) in [5.74, 6) is 2.63. The van der Waals surface area contributed by atoms with E-state index >= 15 is 0 Å². The Bertz CT molecular complexity index is 1190. The van der Waals surface area contributed by atoms with Crippen molar-refractivity contribution < 1.29 is 14.2 Å². The number of rotatable bonds is 4. The van der Waals surface area contributed by atoms with Crippen LogP contribution in [0.4, 0.5) is 0 Å². The van der Waals surface area contributed by atoms with Crippen molar-refractivity contribution in [1.82, 2.24) is 0 Å². The smallest absolute Gasteiger partial charge is 0.137 e. The van der Waals surface area contributed by atoms with Crippen LogP contribution in [0.2, 0.25) is 0 Å². The van der Waals surface area contributed by atoms with Gasteiger partial charge in [0.15, 0.2) is 0 Å². The van der Waals surface area contributed by atoms with E-state index in [0.29, 0.717) is 13.2 Å². The van der Waals surface area contributed by atoms with Gasteiger partial charge >= 0.3 is 0 Å². The van der Waals surface area contributed by atoms with Crippen LogP contribution in [0.3, 0.4) is 0 Å². The van der Waals surface area contributed by atoms with Gasteiger partial charge in [-0.1, -0.05) is 42.5 Å². The molecule has 5 rings (SSSR count). The summed E-state index contributed by atoms with van der Waals surface area (Å²) in [4.78, 5) is 0. The first-order chi connectivity index (χ1) is 15.0. The molecule has 3 heteroatoms. The third kappa shape index (κ3) is 3.96. The molecular weight excluding hydrogens is 384 g/mol. The Morgan fingerprint density at radius 1 is 1.00 bits per heavy atom. The van der Waals surface area contributed by atoms with E-state index in [9.17, 15) is 0 Å². The Balaban J connectivity index is 1.48. The van der Waals surface area contributed by atoms with Crippen molar-refractivity contribution >= 4 is 17.7 Å². The van der Waals surface area contributed by atoms with E-state index in [2.05, 4.69) is 75.4 Å². The van der Waals surface area contributed by atoms with Crippen LogP contribution in [0.1, 0.15) is 41.7 Å². The van der Waals surface area contributed by atoms with E-state index in [1.807, 2.05) is 24.3 Å². The van der Waals surface area contributed by atoms with Gasteiger partial charge in [0.25, 0.3) is 0 Å². The molecule has 3 aromatic carbocycles. The molecule has 0 aliphatic carbocycles. The zero-order chi connectivity index (χ0) is 21.4. The summed E-state index contributed by atoms with van der Waals surface area (Å²) in [5.41, 5.74) is 6.26. The SMILES string of the molecule is Cc1ccc(C2=Cc3ccc4c(c3OC2)C=CC(C)(C)O4)c(OCc2ccccc2)c1. The molecule has 2 aliphatic heterocycles. The first-order valence-corrected chi connectivity index (χ1v) is 10.6. The third-order valence-corrected chi connectivity index (χ3v) is 5.63. The van der Waals surface area contributed by atoms with Gasteiger partial charge in [0.1, 0.15) is 36.1 Å². The predicted molar refractivity (Wildman–Crippen MR) is 126 cm³/mol. The van der Waals surface area contributed by atoms with Crippen LogP contribution in [0.25, 0.3) is 17.7 Å². The minimum atomic E-state index is -0.302. The van der Waals surface area contributed by atoms with E-state index in [1.54, 1.807) is 0 Å². The zero-order valence-electron chi connectivity index (χ0n) is 18.1. The van der Waals surface area contributed by atoms with Crippen LogP contribution < -0.4 is 14.2 Å². The molecule has 0 atom stereocenters. The minimum absolute atomic E-state index is 0.302. The van der Waals surface area contributed by atoms with Crippen LogP contribution in [0.5, 0.6) is 17.2 Å². The number of benzene rings is 3. The van der Waals surface area contributed by atoms with Crippen LogP contribution in [0, 0.1) is 6.92 Å². The van der Waals surface area contributed by atoms with Crippen LogP contribution >= 0.6 is 0 Å². The Morgan fingerprint density at radius 3 is 2.68 bits per heavy atom. The lowest BCUT2D eigenvalue weighted by molar-refractivity contribution is 0.158. The second kappa shape index (κ2) is 7.66. The summed E-state index contributed by atoms with van der Waals surface area (Å²) in [6, 6.07) is 20.7. The van der Waals surface area contributed by atoms with E-state index in [4.69, 9.17) is 14.2 Å². The molecule has 0 radical (unpaired) electrons. The second-order valence-corrected chi connectivity index (χ2v) is 8.67. The summed E-state index contributed by atoms with van der Waals surface area (Å²) in [6.45, 7) is 7.22. The average molecular weight is 411 g/mol. The molecule has 0 aromatic heterocycles. The van der Waals surface area contributed by atoms with Crippen molar-refractivity contribution in [3.05, 3.63) is 94.6 Å². The third-order valence-electron chi connectivity index (χ3n) is 5.63. The standard InChI is InChI=1S/C28H26O3/c1-19-9-11-23(26(15-19)29-17-20-7-5-4-6-8-20)22-16-21-10-12-25-24(27(21)30-18-22)13-14-28(2,3)31-25/h4-16H,17-18H2,1-3H3. The summed E-state index contributed by atoms with van der Waals surface area (Å²) in [5, 5.41) is 0. The fourth-order valence-electron chi connectivity index (χ4n) is 4.01. The molecule has 0 saturated carbocycles. The summed E-state index contributed by atoms with van der Waals surface area (Å²) in [7, 11) is 0. The summed E-state index contributed by atoms with van der Waals surface area (Å²) < 4.78 is 18.6. The fourth-order valence-corrected chi connectivity index (χ4v) is 4.01. The maximum Gasteiger partial charge on any atom is 0.137 e. The maximum atomic E-state index is 6.25. The van der Waals surface area contributed by atoms with Gasteiger partial charge < -0.3 is 14.2 Å². The molecule has 2 heterocycles. The van der Waals surface area contributed by atoms with Crippen LogP contribution in [-0.4, -0.2) is 12.2 Å². The molecule has 0 saturated heterocycles. The number of ether oxygens (including phenoxy) is 3. The average Bonchev–Trinajstić information content (AvgIpc) is 2.77. The largest absolute Gasteiger partial charge is 0.488 e. The predicted octanol–water partition coefficient (Wildman–Crippen LogP) is 6.69. The maximum absolute atomic E-state index is 6.25. The molecular formula is C28H26O3. The molecule has 2 aliphatic rings. The molecule has 31 heavy (non-hydrogen) atoms. The Morgan fingerprint density at radius 2 is 1.84 bits per heavy atom. The van der Waals surface area contributed by atoms with Crippen molar-refractivity contribution in [1.29, 1.82) is 0 Å². The van der Waals surface area contributed by atoms with Crippen LogP contribution in [-0.2, 0) is 6.61 Å². The van der Waals surface area contributed by atoms with Gasteiger partial charge in [0, 0.05) is 16.7 Å². The topological polar surface area (TPSA) is 27.7 Å². The highest BCUT2D eigenvalue weighted by Gasteiger charge is 2.26. The van der Waals surface area contributed by atoms with Crippen molar-refractivity contribution in [3.8, 4) is 17.2 Å². The van der Waals surface area contributed by atoms with Gasteiger partial charge in [-0.25, -0.2) is 0 Å². The van der Waals surface area contributed by atoms with E-state index in [-0.39, 0.29) is 5.60 Å². The quantitative estimate of drug-likeness (QED) is 0.479. The number of hydrogen-bond donors (Lipinski definition) is 0. The molecule has 3 nitrogen and oxygen atoms in total. The molecule has 0 fully saturated rings. The highest BCUT2D eigenvalue weighted by atomic mass is 16.5. The van der Waals surface area contributed by atoms with Crippen molar-refractivity contribution in [2.24, 2.45) is 0 Å². The Labute approximate surface area is 183 Å². The lowest BCUT2D eigenvalue weighted by atomic mass is 9.95. The van der Waals surface area contributed by atoms with Gasteiger partial charge in [0.2, 0.25) is 0 Å². The van der Waals surface area contributed by atoms with Gasteiger partial charge in [0.05, 0.1) is 5.56 Å². The van der Waals surface area contributed by atoms with Gasteiger partial charge in [-0.05, 0) is 68.3 Å². The van der Waals surface area contributed by atoms with E-state index < -0.39 is 0 Å². The van der Waals surface area contributed by atoms with Gasteiger partial charge in [-0.2, -0.15) is 0 Å². The van der Waals surface area contributed by atoms with E-state index in [0.717, 1.165) is 45.1 Å². The molecule has 0 bridgehead atoms. The molecule has 0 N–H and O–H groups in total. The molecule has 0 spiro atoms. The molecule has 0 unspecified atom stereocenters. The second-order valence-electron chi connectivity index (χ2n) is 8.67. The monoisotopic (exact) mass is 410 g/mol. The highest BCUT2D eigenvalue weighted by molar-refractivity contribution is 5.89. The van der Waals surface area contributed by atoms with E-state index in [1.165, 1.54) is 5.56 Å². The van der Waals surface area contributed by atoms with Crippen LogP contribution in [0.15, 0.2) is 66.7 Å². The number of fused-ring (bicyclic) bond motifs is 3. The first kappa shape index (κ1) is 19.5. The van der Waals surface area contributed by atoms with Gasteiger partial charge in [-0.3, -0.25) is 0 Å². The number of hydrogen-bond acceptors (Lipinski definition) is 3. The highest BCUT2D eigenvalue weighted by Crippen LogP contribution is 2.43. The lowest BCUT2D eigenvalue weighted by Crippen LogP contribution is -2.27. The molecule has 3 aromatic rings. The Hall–Kier alpha value is -3.46.